The monoisotopic (exact) mass is 221 g/mol. The Morgan fingerprint density at radius 1 is 1.44 bits per heavy atom. The topological polar surface area (TPSA) is 29.9 Å². The van der Waals surface area contributed by atoms with Crippen molar-refractivity contribution < 1.29 is 0 Å². The minimum atomic E-state index is 0.585. The van der Waals surface area contributed by atoms with Crippen LogP contribution < -0.4 is 5.32 Å². The van der Waals surface area contributed by atoms with Crippen molar-refractivity contribution in [2.24, 2.45) is 5.92 Å². The van der Waals surface area contributed by atoms with Crippen LogP contribution in [0.3, 0.4) is 0 Å². The number of hydrogen-bond acceptors (Lipinski definition) is 2. The average molecular weight is 221 g/mol. The minimum absolute atomic E-state index is 0.585. The van der Waals surface area contributed by atoms with Crippen LogP contribution in [0.25, 0.3) is 0 Å². The van der Waals surface area contributed by atoms with E-state index in [1.165, 1.54) is 18.5 Å². The van der Waals surface area contributed by atoms with E-state index in [0.717, 1.165) is 18.2 Å². The molecule has 2 rings (SSSR count). The molecular formula is C13H23N3. The number of nitrogens with one attached hydrogen (secondary N) is 1. The maximum Gasteiger partial charge on any atom is 0.0596 e. The molecule has 0 aliphatic heterocycles. The summed E-state index contributed by atoms with van der Waals surface area (Å²) in [6, 6.07) is 3.38. The van der Waals surface area contributed by atoms with E-state index in [2.05, 4.69) is 48.9 Å². The zero-order valence-electron chi connectivity index (χ0n) is 10.8. The molecule has 0 spiro atoms. The highest BCUT2D eigenvalue weighted by atomic mass is 15.3. The van der Waals surface area contributed by atoms with E-state index in [1.807, 2.05) is 0 Å². The van der Waals surface area contributed by atoms with Gasteiger partial charge in [-0.25, -0.2) is 0 Å². The number of aryl methyl sites for hydroxylation is 2. The van der Waals surface area contributed by atoms with Gasteiger partial charge >= 0.3 is 0 Å². The van der Waals surface area contributed by atoms with E-state index in [1.54, 1.807) is 0 Å². The molecule has 2 atom stereocenters. The van der Waals surface area contributed by atoms with Crippen molar-refractivity contribution in [3.63, 3.8) is 0 Å². The second-order valence-corrected chi connectivity index (χ2v) is 5.34. The first-order chi connectivity index (χ1) is 7.58. The highest BCUT2D eigenvalue weighted by Gasteiger charge is 2.33. The van der Waals surface area contributed by atoms with Crippen LogP contribution in [-0.4, -0.2) is 22.4 Å². The summed E-state index contributed by atoms with van der Waals surface area (Å²) in [5.41, 5.74) is 2.44. The van der Waals surface area contributed by atoms with Crippen molar-refractivity contribution in [1.82, 2.24) is 15.1 Å². The standard InChI is InChI=1S/C13H23N3/c1-9(2)14-8-12-5-6-13(12)16-11(4)7-10(3)15-16/h7,9,12-14H,5-6,8H2,1-4H3. The lowest BCUT2D eigenvalue weighted by molar-refractivity contribution is 0.157. The smallest absolute Gasteiger partial charge is 0.0596 e. The quantitative estimate of drug-likeness (QED) is 0.846. The fraction of sp³-hybridized carbons (Fsp3) is 0.769. The molecule has 1 aliphatic carbocycles. The molecule has 3 heteroatoms. The van der Waals surface area contributed by atoms with Gasteiger partial charge in [-0.15, -0.1) is 0 Å². The molecule has 1 aromatic heterocycles. The van der Waals surface area contributed by atoms with Crippen LogP contribution in [0.4, 0.5) is 0 Å². The molecule has 1 heterocycles. The van der Waals surface area contributed by atoms with Gasteiger partial charge in [0.15, 0.2) is 0 Å². The van der Waals surface area contributed by atoms with Crippen LogP contribution in [0.15, 0.2) is 6.07 Å². The van der Waals surface area contributed by atoms with Crippen LogP contribution in [0.1, 0.15) is 44.1 Å². The zero-order valence-corrected chi connectivity index (χ0v) is 10.8. The summed E-state index contributed by atoms with van der Waals surface area (Å²) in [5, 5.41) is 8.13. The van der Waals surface area contributed by atoms with Gasteiger partial charge < -0.3 is 5.32 Å². The molecule has 16 heavy (non-hydrogen) atoms. The van der Waals surface area contributed by atoms with E-state index in [9.17, 15) is 0 Å². The summed E-state index contributed by atoms with van der Waals surface area (Å²) in [6.07, 6.45) is 2.62. The number of rotatable bonds is 4. The van der Waals surface area contributed by atoms with Crippen LogP contribution in [0.2, 0.25) is 0 Å². The Hall–Kier alpha value is -0.830. The van der Waals surface area contributed by atoms with E-state index in [0.29, 0.717) is 12.1 Å². The Bertz CT molecular complexity index is 354. The summed E-state index contributed by atoms with van der Waals surface area (Å²) in [5.74, 6) is 0.764. The zero-order chi connectivity index (χ0) is 11.7. The van der Waals surface area contributed by atoms with Crippen LogP contribution in [0.5, 0.6) is 0 Å². The fourth-order valence-corrected chi connectivity index (χ4v) is 2.48. The average Bonchev–Trinajstić information content (AvgIpc) is 2.43. The van der Waals surface area contributed by atoms with E-state index in [-0.39, 0.29) is 0 Å². The van der Waals surface area contributed by atoms with Gasteiger partial charge in [-0.2, -0.15) is 5.10 Å². The molecule has 0 amide bonds. The van der Waals surface area contributed by atoms with Crippen molar-refractivity contribution in [3.05, 3.63) is 17.5 Å². The third-order valence-electron chi connectivity index (χ3n) is 3.52. The SMILES string of the molecule is Cc1cc(C)n(C2CCC2CNC(C)C)n1. The van der Waals surface area contributed by atoms with Gasteiger partial charge in [-0.3, -0.25) is 4.68 Å². The molecule has 2 unspecified atom stereocenters. The lowest BCUT2D eigenvalue weighted by atomic mass is 9.79. The van der Waals surface area contributed by atoms with Crippen molar-refractivity contribution in [2.45, 2.75) is 52.6 Å². The molecule has 1 aromatic rings. The van der Waals surface area contributed by atoms with Crippen LogP contribution in [-0.2, 0) is 0 Å². The molecule has 0 aromatic carbocycles. The van der Waals surface area contributed by atoms with Gasteiger partial charge in [0.25, 0.3) is 0 Å². The third-order valence-corrected chi connectivity index (χ3v) is 3.52. The summed E-state index contributed by atoms with van der Waals surface area (Å²) in [7, 11) is 0. The lowest BCUT2D eigenvalue weighted by Gasteiger charge is -2.38. The molecule has 1 saturated carbocycles. The van der Waals surface area contributed by atoms with E-state index in [4.69, 9.17) is 0 Å². The Balaban J connectivity index is 1.98. The van der Waals surface area contributed by atoms with Crippen molar-refractivity contribution >= 4 is 0 Å². The summed E-state index contributed by atoms with van der Waals surface area (Å²) < 4.78 is 2.23. The van der Waals surface area contributed by atoms with Crippen molar-refractivity contribution in [1.29, 1.82) is 0 Å². The van der Waals surface area contributed by atoms with Gasteiger partial charge in [0.1, 0.15) is 0 Å². The molecule has 90 valence electrons. The van der Waals surface area contributed by atoms with Gasteiger partial charge in [0.2, 0.25) is 0 Å². The number of hydrogen-bond donors (Lipinski definition) is 1. The highest BCUT2D eigenvalue weighted by Crippen LogP contribution is 2.38. The van der Waals surface area contributed by atoms with Gasteiger partial charge in [0, 0.05) is 18.3 Å². The van der Waals surface area contributed by atoms with Crippen molar-refractivity contribution in [3.8, 4) is 0 Å². The number of nitrogens with zero attached hydrogens (tertiary/aromatic N) is 2. The Morgan fingerprint density at radius 3 is 2.62 bits per heavy atom. The molecule has 3 nitrogen and oxygen atoms in total. The van der Waals surface area contributed by atoms with Crippen molar-refractivity contribution in [2.75, 3.05) is 6.54 Å². The van der Waals surface area contributed by atoms with Gasteiger partial charge in [-0.1, -0.05) is 13.8 Å². The van der Waals surface area contributed by atoms with E-state index >= 15 is 0 Å². The van der Waals surface area contributed by atoms with Crippen LogP contribution in [0, 0.1) is 19.8 Å². The van der Waals surface area contributed by atoms with Gasteiger partial charge in [-0.05, 0) is 38.7 Å². The fourth-order valence-electron chi connectivity index (χ4n) is 2.48. The maximum atomic E-state index is 4.60. The first kappa shape index (κ1) is 11.6. The number of aromatic nitrogens is 2. The first-order valence-electron chi connectivity index (χ1n) is 6.34. The molecule has 0 radical (unpaired) electrons. The molecule has 1 aliphatic rings. The largest absolute Gasteiger partial charge is 0.314 e. The second kappa shape index (κ2) is 4.58. The highest BCUT2D eigenvalue weighted by molar-refractivity contribution is 5.09. The summed E-state index contributed by atoms with van der Waals surface area (Å²) >= 11 is 0. The first-order valence-corrected chi connectivity index (χ1v) is 6.34. The molecule has 1 fully saturated rings. The molecule has 0 saturated heterocycles. The van der Waals surface area contributed by atoms with Gasteiger partial charge in [0.05, 0.1) is 11.7 Å². The van der Waals surface area contributed by atoms with E-state index < -0.39 is 0 Å². The Kier molecular flexibility index (Phi) is 3.33. The maximum absolute atomic E-state index is 4.60. The second-order valence-electron chi connectivity index (χ2n) is 5.34. The summed E-state index contributed by atoms with van der Waals surface area (Å²) in [6.45, 7) is 9.77. The molecule has 1 N–H and O–H groups in total. The normalized spacial score (nSPS) is 24.8. The third kappa shape index (κ3) is 2.29. The summed E-state index contributed by atoms with van der Waals surface area (Å²) in [4.78, 5) is 0. The Labute approximate surface area is 98.2 Å². The molecular weight excluding hydrogens is 198 g/mol. The predicted octanol–water partition coefficient (Wildman–Crippen LogP) is 2.45. The predicted molar refractivity (Wildman–Crippen MR) is 66.6 cm³/mol. The molecule has 0 bridgehead atoms. The minimum Gasteiger partial charge on any atom is -0.314 e. The Morgan fingerprint density at radius 2 is 2.19 bits per heavy atom. The lowest BCUT2D eigenvalue weighted by Crippen LogP contribution is -2.39. The van der Waals surface area contributed by atoms with Crippen LogP contribution >= 0.6 is 0 Å².